The van der Waals surface area contributed by atoms with E-state index in [4.69, 9.17) is 24.9 Å². The molecule has 0 spiro atoms. The third-order valence-corrected chi connectivity index (χ3v) is 17.4. The summed E-state index contributed by atoms with van der Waals surface area (Å²) >= 11 is 8.32. The van der Waals surface area contributed by atoms with Crippen molar-refractivity contribution in [1.82, 2.24) is 0 Å². The van der Waals surface area contributed by atoms with E-state index in [-0.39, 0.29) is 10.8 Å². The van der Waals surface area contributed by atoms with E-state index in [1.54, 1.807) is 0 Å². The molecule has 0 aliphatic heterocycles. The van der Waals surface area contributed by atoms with Gasteiger partial charge in [0.05, 0.1) is 33.2 Å². The fourth-order valence-corrected chi connectivity index (χ4v) is 12.9. The predicted molar refractivity (Wildman–Crippen MR) is 369 cm³/mol. The highest BCUT2D eigenvalue weighted by Gasteiger charge is 2.29. The van der Waals surface area contributed by atoms with Crippen LogP contribution in [0, 0.1) is 0 Å². The van der Waals surface area contributed by atoms with Gasteiger partial charge >= 0.3 is 0 Å². The molecule has 0 unspecified atom stereocenters. The first-order valence-electron chi connectivity index (χ1n) is 30.0. The van der Waals surface area contributed by atoms with Crippen LogP contribution in [0.1, 0.15) is 52.7 Å². The number of anilines is 12. The van der Waals surface area contributed by atoms with Crippen molar-refractivity contribution in [3.8, 4) is 0 Å². The molecule has 7 nitrogen and oxygen atoms in total. The number of nitrogens with zero attached hydrogens (tertiary/aromatic N) is 4. The zero-order chi connectivity index (χ0) is 59.8. The van der Waals surface area contributed by atoms with Crippen LogP contribution in [0.3, 0.4) is 0 Å². The van der Waals surface area contributed by atoms with E-state index in [0.717, 1.165) is 134 Å². The van der Waals surface area contributed by atoms with Crippen molar-refractivity contribution >= 4 is 146 Å². The number of benzene rings is 12. The van der Waals surface area contributed by atoms with Gasteiger partial charge in [-0.3, -0.25) is 0 Å². The van der Waals surface area contributed by atoms with Gasteiger partial charge in [0.2, 0.25) is 0 Å². The van der Waals surface area contributed by atoms with Crippen LogP contribution in [0.4, 0.5) is 68.2 Å². The molecule has 0 aliphatic rings. The van der Waals surface area contributed by atoms with Crippen LogP contribution >= 0.6 is 11.6 Å². The van der Waals surface area contributed by atoms with E-state index in [0.29, 0.717) is 5.02 Å². The first-order valence-corrected chi connectivity index (χ1v) is 30.4. The average Bonchev–Trinajstić information content (AvgIpc) is 1.73. The van der Waals surface area contributed by atoms with Crippen LogP contribution in [0.15, 0.2) is 286 Å². The molecule has 0 fully saturated rings. The molecule has 0 saturated carbocycles. The summed E-state index contributed by atoms with van der Waals surface area (Å²) in [7, 11) is 0. The molecular formula is C80H63ClN4O3. The van der Waals surface area contributed by atoms with Crippen molar-refractivity contribution in [1.29, 1.82) is 0 Å². The Morgan fingerprint density at radius 3 is 1.10 bits per heavy atom. The Kier molecular flexibility index (Phi) is 13.2. The third kappa shape index (κ3) is 9.65. The summed E-state index contributed by atoms with van der Waals surface area (Å²) in [5.74, 6) is 0. The molecule has 88 heavy (non-hydrogen) atoms. The van der Waals surface area contributed by atoms with Crippen molar-refractivity contribution in [3.05, 3.63) is 289 Å². The van der Waals surface area contributed by atoms with E-state index in [1.165, 1.54) is 11.1 Å². The fourth-order valence-electron chi connectivity index (χ4n) is 12.6. The van der Waals surface area contributed by atoms with E-state index >= 15 is 0 Å². The topological polar surface area (TPSA) is 52.4 Å². The van der Waals surface area contributed by atoms with Crippen LogP contribution in [-0.2, 0) is 10.8 Å². The van der Waals surface area contributed by atoms with Gasteiger partial charge in [0.15, 0.2) is 0 Å². The Morgan fingerprint density at radius 1 is 0.250 bits per heavy atom. The van der Waals surface area contributed by atoms with Gasteiger partial charge in [-0.1, -0.05) is 181 Å². The van der Waals surface area contributed by atoms with Crippen LogP contribution < -0.4 is 19.6 Å². The monoisotopic (exact) mass is 1160 g/mol. The number of para-hydroxylation sites is 5. The van der Waals surface area contributed by atoms with E-state index in [1.807, 2.05) is 36.4 Å². The minimum Gasteiger partial charge on any atom is -0.456 e. The van der Waals surface area contributed by atoms with Gasteiger partial charge in [0.25, 0.3) is 0 Å². The molecule has 15 rings (SSSR count). The SMILES string of the molecule is CC(C)(C)c1ccc(N(c2cccc(N(c3ccc4oc5ccccc5c4c3)c3ccc4oc5ccccc5c4c3)c2)c2cccc(N(c3ccc(C(C)(C)C)cc3)c3cc(N(c4ccccc4)c4ccccc4)c4c(c3)oc3ccccc34)c2Cl)cc1. The first kappa shape index (κ1) is 54.2. The number of halogens is 1. The van der Waals surface area contributed by atoms with E-state index < -0.39 is 0 Å². The van der Waals surface area contributed by atoms with Gasteiger partial charge in [0.1, 0.15) is 33.5 Å². The Hall–Kier alpha value is -10.5. The maximum Gasteiger partial charge on any atom is 0.139 e. The second-order valence-electron chi connectivity index (χ2n) is 24.7. The highest BCUT2D eigenvalue weighted by Crippen LogP contribution is 2.52. The zero-order valence-electron chi connectivity index (χ0n) is 49.9. The summed E-state index contributed by atoms with van der Waals surface area (Å²) in [6, 6.07) is 96.3. The zero-order valence-corrected chi connectivity index (χ0v) is 50.6. The molecule has 0 amide bonds. The quantitative estimate of drug-likeness (QED) is 0.121. The number of fused-ring (bicyclic) bond motifs is 9. The van der Waals surface area contributed by atoms with Crippen LogP contribution in [-0.4, -0.2) is 0 Å². The minimum absolute atomic E-state index is 0.0798. The number of rotatable bonds is 12. The second-order valence-corrected chi connectivity index (χ2v) is 25.1. The third-order valence-electron chi connectivity index (χ3n) is 17.0. The van der Waals surface area contributed by atoms with Crippen LogP contribution in [0.5, 0.6) is 0 Å². The largest absolute Gasteiger partial charge is 0.456 e. The molecule has 15 aromatic rings. The average molecular weight is 1160 g/mol. The molecule has 0 aliphatic carbocycles. The molecule has 12 aromatic carbocycles. The summed E-state index contributed by atoms with van der Waals surface area (Å²) in [6.45, 7) is 13.5. The van der Waals surface area contributed by atoms with Crippen molar-refractivity contribution < 1.29 is 13.3 Å². The van der Waals surface area contributed by atoms with Gasteiger partial charge in [-0.25, -0.2) is 0 Å². The fraction of sp³-hybridized carbons (Fsp3) is 0.100. The van der Waals surface area contributed by atoms with E-state index in [9.17, 15) is 0 Å². The molecule has 0 saturated heterocycles. The maximum absolute atomic E-state index is 8.32. The first-order chi connectivity index (χ1) is 42.8. The summed E-state index contributed by atoms with van der Waals surface area (Å²) in [5, 5.41) is 6.76. The number of furan rings is 3. The highest BCUT2D eigenvalue weighted by molar-refractivity contribution is 6.37. The van der Waals surface area contributed by atoms with Gasteiger partial charge in [-0.05, 0) is 161 Å². The lowest BCUT2D eigenvalue weighted by molar-refractivity contribution is 0.590. The summed E-state index contributed by atoms with van der Waals surface area (Å²) in [5.41, 5.74) is 18.3. The van der Waals surface area contributed by atoms with Gasteiger partial charge < -0.3 is 32.9 Å². The van der Waals surface area contributed by atoms with Crippen molar-refractivity contribution in [2.75, 3.05) is 19.6 Å². The number of hydrogen-bond donors (Lipinski definition) is 0. The van der Waals surface area contributed by atoms with Gasteiger partial charge in [0, 0.05) is 78.5 Å². The molecular weight excluding hydrogens is 1100 g/mol. The van der Waals surface area contributed by atoms with Crippen LogP contribution in [0.25, 0.3) is 65.8 Å². The molecule has 3 aromatic heterocycles. The predicted octanol–water partition coefficient (Wildman–Crippen LogP) is 24.5. The molecule has 428 valence electrons. The van der Waals surface area contributed by atoms with Gasteiger partial charge in [-0.15, -0.1) is 0 Å². The molecule has 3 heterocycles. The standard InChI is InChI=1S/C80H63ClN4O3/c1-79(2,3)52-35-39-56(40-36-52)84(59-26-19-25-58(47-59)82(60-43-45-74-66(48-60)63-27-13-16-32-71(63)86-74)61-44-46-75-67(49-61)64-28-14-17-33-72(64)87-75)68-30-20-31-69(78(68)81)85(57-41-37-53(38-42-57)80(4,5)6)62-50-70(77-65-29-15-18-34-73(65)88-76(77)51-62)83(54-21-9-7-10-22-54)55-23-11-8-12-24-55/h7-51H,1-6H3. The highest BCUT2D eigenvalue weighted by atomic mass is 35.5. The Labute approximate surface area is 517 Å². The molecule has 0 bridgehead atoms. The van der Waals surface area contributed by atoms with Crippen molar-refractivity contribution in [2.24, 2.45) is 0 Å². The maximum atomic E-state index is 8.32. The molecule has 0 atom stereocenters. The van der Waals surface area contributed by atoms with E-state index in [2.05, 4.69) is 298 Å². The van der Waals surface area contributed by atoms with Gasteiger partial charge in [-0.2, -0.15) is 0 Å². The van der Waals surface area contributed by atoms with Crippen molar-refractivity contribution in [3.63, 3.8) is 0 Å². The summed E-state index contributed by atoms with van der Waals surface area (Å²) in [4.78, 5) is 9.23. The summed E-state index contributed by atoms with van der Waals surface area (Å²) < 4.78 is 19.8. The normalized spacial score (nSPS) is 12.0. The summed E-state index contributed by atoms with van der Waals surface area (Å²) in [6.07, 6.45) is 0. The second kappa shape index (κ2) is 21.5. The van der Waals surface area contributed by atoms with Crippen molar-refractivity contribution in [2.45, 2.75) is 52.4 Å². The molecule has 8 heteroatoms. The smallest absolute Gasteiger partial charge is 0.139 e. The molecule has 0 radical (unpaired) electrons. The Balaban J connectivity index is 0.949. The van der Waals surface area contributed by atoms with Crippen LogP contribution in [0.2, 0.25) is 5.02 Å². The Morgan fingerprint density at radius 2 is 0.602 bits per heavy atom. The lowest BCUT2D eigenvalue weighted by Gasteiger charge is -2.33. The Bertz CT molecular complexity index is 4940. The molecule has 0 N–H and O–H groups in total. The lowest BCUT2D eigenvalue weighted by atomic mass is 9.87. The lowest BCUT2D eigenvalue weighted by Crippen LogP contribution is -2.17. The minimum atomic E-state index is -0.0823. The number of hydrogen-bond acceptors (Lipinski definition) is 7.